The highest BCUT2D eigenvalue weighted by molar-refractivity contribution is 5.94. The molecule has 0 unspecified atom stereocenters. The van der Waals surface area contributed by atoms with Crippen molar-refractivity contribution in [2.24, 2.45) is 11.8 Å². The molecule has 3 atom stereocenters. The van der Waals surface area contributed by atoms with Gasteiger partial charge in [0.2, 0.25) is 0 Å². The lowest BCUT2D eigenvalue weighted by atomic mass is 9.85. The first kappa shape index (κ1) is 18.8. The highest BCUT2D eigenvalue weighted by atomic mass is 16.5. The van der Waals surface area contributed by atoms with Gasteiger partial charge < -0.3 is 14.6 Å². The SMILES string of the molecule is COc1cccc2c1C(=O)O[C@@H](CCO)C[C@@H](C)[C@@H](C)CCCC2. The summed E-state index contributed by atoms with van der Waals surface area (Å²) >= 11 is 0. The second-order valence-corrected chi connectivity index (χ2v) is 6.97. The second kappa shape index (κ2) is 9.07. The van der Waals surface area contributed by atoms with E-state index in [1.165, 1.54) is 6.42 Å². The molecule has 1 N–H and O–H groups in total. The third-order valence-corrected chi connectivity index (χ3v) is 5.22. The number of hydrogen-bond acceptors (Lipinski definition) is 4. The van der Waals surface area contributed by atoms with Gasteiger partial charge in [-0.3, -0.25) is 0 Å². The molecule has 1 aliphatic heterocycles. The number of fused-ring (bicyclic) bond motifs is 1. The highest BCUT2D eigenvalue weighted by Crippen LogP contribution is 2.30. The van der Waals surface area contributed by atoms with E-state index in [1.807, 2.05) is 12.1 Å². The summed E-state index contributed by atoms with van der Waals surface area (Å²) in [5.41, 5.74) is 1.53. The lowest BCUT2D eigenvalue weighted by Crippen LogP contribution is -2.25. The normalized spacial score (nSPS) is 25.8. The van der Waals surface area contributed by atoms with Crippen LogP contribution >= 0.6 is 0 Å². The molecular weight excluding hydrogens is 304 g/mol. The minimum absolute atomic E-state index is 0.0256. The van der Waals surface area contributed by atoms with E-state index in [0.29, 0.717) is 29.6 Å². The topological polar surface area (TPSA) is 55.8 Å². The molecule has 0 bridgehead atoms. The van der Waals surface area contributed by atoms with Crippen LogP contribution in [0.1, 0.15) is 61.9 Å². The average molecular weight is 334 g/mol. The third kappa shape index (κ3) is 4.73. The van der Waals surface area contributed by atoms with Crippen molar-refractivity contribution in [3.8, 4) is 5.75 Å². The molecule has 0 radical (unpaired) electrons. The van der Waals surface area contributed by atoms with Crippen LogP contribution in [0.15, 0.2) is 18.2 Å². The fourth-order valence-corrected chi connectivity index (χ4v) is 3.48. The zero-order valence-electron chi connectivity index (χ0n) is 15.1. The summed E-state index contributed by atoms with van der Waals surface area (Å²) in [6.45, 7) is 4.51. The number of ether oxygens (including phenoxy) is 2. The van der Waals surface area contributed by atoms with Gasteiger partial charge in [0.1, 0.15) is 17.4 Å². The second-order valence-electron chi connectivity index (χ2n) is 6.97. The number of esters is 1. The van der Waals surface area contributed by atoms with Crippen molar-refractivity contribution in [1.29, 1.82) is 0 Å². The van der Waals surface area contributed by atoms with Crippen molar-refractivity contribution in [3.05, 3.63) is 29.3 Å². The molecule has 4 nitrogen and oxygen atoms in total. The number of carbonyl (C=O) groups is 1. The van der Waals surface area contributed by atoms with Crippen LogP contribution in [0.25, 0.3) is 0 Å². The Balaban J connectivity index is 2.32. The van der Waals surface area contributed by atoms with Crippen LogP contribution in [0.4, 0.5) is 0 Å². The van der Waals surface area contributed by atoms with Gasteiger partial charge in [-0.25, -0.2) is 4.79 Å². The molecule has 0 spiro atoms. The van der Waals surface area contributed by atoms with E-state index in [0.717, 1.165) is 31.2 Å². The van der Waals surface area contributed by atoms with Gasteiger partial charge in [-0.15, -0.1) is 0 Å². The van der Waals surface area contributed by atoms with E-state index in [9.17, 15) is 9.90 Å². The molecule has 1 heterocycles. The summed E-state index contributed by atoms with van der Waals surface area (Å²) in [7, 11) is 1.58. The summed E-state index contributed by atoms with van der Waals surface area (Å²) in [6.07, 6.45) is 5.27. The Bertz CT molecular complexity index is 540. The van der Waals surface area contributed by atoms with Gasteiger partial charge in [0.15, 0.2) is 0 Å². The maximum Gasteiger partial charge on any atom is 0.342 e. The van der Waals surface area contributed by atoms with Crippen LogP contribution in [-0.2, 0) is 11.2 Å². The fraction of sp³-hybridized carbons (Fsp3) is 0.650. The summed E-state index contributed by atoms with van der Waals surface area (Å²) < 4.78 is 11.2. The molecule has 2 rings (SSSR count). The number of aliphatic hydroxyl groups excluding tert-OH is 1. The van der Waals surface area contributed by atoms with Gasteiger partial charge >= 0.3 is 5.97 Å². The van der Waals surface area contributed by atoms with Gasteiger partial charge in [-0.1, -0.05) is 38.8 Å². The first-order valence-corrected chi connectivity index (χ1v) is 9.04. The number of carbonyl (C=O) groups excluding carboxylic acids is 1. The van der Waals surface area contributed by atoms with E-state index < -0.39 is 0 Å². The molecule has 1 aromatic carbocycles. The standard InChI is InChI=1S/C20H30O4/c1-14-7-4-5-8-16-9-6-10-18(23-3)19(16)20(22)24-17(11-12-21)13-15(14)2/h6,9-10,14-15,17,21H,4-5,7-8,11-13H2,1-3H3/t14-,15+,17-/m0/s1. The molecule has 0 fully saturated rings. The predicted octanol–water partition coefficient (Wildman–Crippen LogP) is 3.99. The van der Waals surface area contributed by atoms with Crippen LogP contribution in [0.2, 0.25) is 0 Å². The van der Waals surface area contributed by atoms with Crippen LogP contribution in [0.5, 0.6) is 5.75 Å². The minimum atomic E-state index is -0.332. The van der Waals surface area contributed by atoms with Crippen molar-refractivity contribution in [1.82, 2.24) is 0 Å². The van der Waals surface area contributed by atoms with Crippen LogP contribution in [0.3, 0.4) is 0 Å². The predicted molar refractivity (Wildman–Crippen MR) is 94.4 cm³/mol. The number of cyclic esters (lactones) is 1. The third-order valence-electron chi connectivity index (χ3n) is 5.22. The first-order chi connectivity index (χ1) is 11.6. The summed E-state index contributed by atoms with van der Waals surface area (Å²) in [6, 6.07) is 5.71. The van der Waals surface area contributed by atoms with Gasteiger partial charge in [0.05, 0.1) is 7.11 Å². The number of hydrogen-bond donors (Lipinski definition) is 1. The van der Waals surface area contributed by atoms with E-state index in [4.69, 9.17) is 9.47 Å². The molecule has 0 aromatic heterocycles. The number of aliphatic hydroxyl groups is 1. The van der Waals surface area contributed by atoms with Crippen molar-refractivity contribution in [2.75, 3.05) is 13.7 Å². The molecule has 24 heavy (non-hydrogen) atoms. The molecule has 0 saturated carbocycles. The van der Waals surface area contributed by atoms with Gasteiger partial charge in [-0.2, -0.15) is 0 Å². The zero-order valence-corrected chi connectivity index (χ0v) is 15.1. The summed E-state index contributed by atoms with van der Waals surface area (Å²) in [5.74, 6) is 1.29. The highest BCUT2D eigenvalue weighted by Gasteiger charge is 2.25. The first-order valence-electron chi connectivity index (χ1n) is 9.04. The molecule has 0 saturated heterocycles. The molecule has 0 amide bonds. The molecular formula is C20H30O4. The van der Waals surface area contributed by atoms with Crippen LogP contribution in [-0.4, -0.2) is 30.9 Å². The van der Waals surface area contributed by atoms with E-state index in [2.05, 4.69) is 13.8 Å². The smallest absolute Gasteiger partial charge is 0.342 e. The maximum absolute atomic E-state index is 12.8. The lowest BCUT2D eigenvalue weighted by molar-refractivity contribution is 0.0152. The Labute approximate surface area is 145 Å². The van der Waals surface area contributed by atoms with Gasteiger partial charge in [-0.05, 0) is 42.7 Å². The molecule has 1 aromatic rings. The summed E-state index contributed by atoms with van der Waals surface area (Å²) in [4.78, 5) is 12.8. The van der Waals surface area contributed by atoms with Crippen molar-refractivity contribution < 1.29 is 19.4 Å². The molecule has 0 aliphatic carbocycles. The van der Waals surface area contributed by atoms with Crippen molar-refractivity contribution in [3.63, 3.8) is 0 Å². The summed E-state index contributed by atoms with van der Waals surface area (Å²) in [5, 5.41) is 9.33. The number of benzene rings is 1. The van der Waals surface area contributed by atoms with Crippen molar-refractivity contribution >= 4 is 5.97 Å². The van der Waals surface area contributed by atoms with Gasteiger partial charge in [0, 0.05) is 13.0 Å². The number of rotatable bonds is 3. The molecule has 134 valence electrons. The number of aryl methyl sites for hydroxylation is 1. The Kier molecular flexibility index (Phi) is 7.10. The quantitative estimate of drug-likeness (QED) is 0.849. The van der Waals surface area contributed by atoms with E-state index in [1.54, 1.807) is 13.2 Å². The Morgan fingerprint density at radius 3 is 2.75 bits per heavy atom. The van der Waals surface area contributed by atoms with E-state index in [-0.39, 0.29) is 18.7 Å². The van der Waals surface area contributed by atoms with E-state index >= 15 is 0 Å². The Morgan fingerprint density at radius 2 is 2.04 bits per heavy atom. The van der Waals surface area contributed by atoms with Crippen molar-refractivity contribution in [2.45, 2.75) is 58.5 Å². The van der Waals surface area contributed by atoms with Gasteiger partial charge in [0.25, 0.3) is 0 Å². The Hall–Kier alpha value is -1.55. The average Bonchev–Trinajstić information content (AvgIpc) is 2.57. The number of methoxy groups -OCH3 is 1. The zero-order chi connectivity index (χ0) is 17.5. The van der Waals surface area contributed by atoms with Crippen LogP contribution < -0.4 is 4.74 Å². The maximum atomic E-state index is 12.8. The lowest BCUT2D eigenvalue weighted by Gasteiger charge is -2.26. The molecule has 1 aliphatic rings. The van der Waals surface area contributed by atoms with Crippen LogP contribution in [0, 0.1) is 11.8 Å². The fourth-order valence-electron chi connectivity index (χ4n) is 3.48. The largest absolute Gasteiger partial charge is 0.496 e. The molecule has 4 heteroatoms. The Morgan fingerprint density at radius 1 is 1.25 bits per heavy atom. The monoisotopic (exact) mass is 334 g/mol. The minimum Gasteiger partial charge on any atom is -0.496 e.